The summed E-state index contributed by atoms with van der Waals surface area (Å²) in [6.45, 7) is 2.03. The highest BCUT2D eigenvalue weighted by Gasteiger charge is 2.19. The number of amidine groups is 1. The van der Waals surface area contributed by atoms with E-state index in [1.807, 2.05) is 43.0 Å². The third kappa shape index (κ3) is 2.34. The molecule has 0 spiro atoms. The third-order valence-corrected chi connectivity index (χ3v) is 3.79. The second-order valence-corrected chi connectivity index (χ2v) is 5.67. The number of thioether (sulfide) groups is 1. The van der Waals surface area contributed by atoms with Gasteiger partial charge in [0.05, 0.1) is 11.7 Å². The van der Waals surface area contributed by atoms with Gasteiger partial charge in [-0.25, -0.2) is 4.99 Å². The average molecular weight is 286 g/mol. The van der Waals surface area contributed by atoms with Crippen LogP contribution in [-0.2, 0) is 11.8 Å². The number of aromatic nitrogens is 2. The molecule has 6 heteroatoms. The molecule has 2 aromatic rings. The van der Waals surface area contributed by atoms with Gasteiger partial charge in [-0.05, 0) is 23.5 Å². The number of hydrogen-bond acceptors (Lipinski definition) is 4. The van der Waals surface area contributed by atoms with E-state index in [0.29, 0.717) is 10.9 Å². The maximum Gasteiger partial charge on any atom is 0.275 e. The number of benzene rings is 1. The van der Waals surface area contributed by atoms with Crippen molar-refractivity contribution in [2.45, 2.75) is 6.92 Å². The largest absolute Gasteiger partial charge is 0.300 e. The second-order valence-electron chi connectivity index (χ2n) is 4.42. The number of carbonyl (C=O) groups excluding carboxylic acids is 1. The lowest BCUT2D eigenvalue weighted by molar-refractivity contribution is -0.115. The van der Waals surface area contributed by atoms with Crippen LogP contribution in [0.4, 0.5) is 0 Å². The van der Waals surface area contributed by atoms with Crippen LogP contribution in [0.15, 0.2) is 35.1 Å². The van der Waals surface area contributed by atoms with E-state index in [1.54, 1.807) is 6.08 Å². The van der Waals surface area contributed by atoms with E-state index in [0.717, 1.165) is 22.2 Å². The molecule has 1 aliphatic heterocycles. The Morgan fingerprint density at radius 3 is 3.10 bits per heavy atom. The van der Waals surface area contributed by atoms with E-state index in [4.69, 9.17) is 0 Å². The van der Waals surface area contributed by atoms with Gasteiger partial charge in [0, 0.05) is 12.4 Å². The van der Waals surface area contributed by atoms with Crippen molar-refractivity contribution in [3.05, 3.63) is 35.7 Å². The van der Waals surface area contributed by atoms with E-state index in [2.05, 4.69) is 15.4 Å². The molecule has 1 aromatic heterocycles. The molecule has 0 radical (unpaired) electrons. The molecular weight excluding hydrogens is 272 g/mol. The molecule has 1 aromatic carbocycles. The summed E-state index contributed by atoms with van der Waals surface area (Å²) in [6, 6.07) is 5.96. The maximum atomic E-state index is 11.8. The minimum absolute atomic E-state index is 0.147. The van der Waals surface area contributed by atoms with Gasteiger partial charge in [-0.3, -0.25) is 14.8 Å². The van der Waals surface area contributed by atoms with Crippen LogP contribution in [0, 0.1) is 0 Å². The van der Waals surface area contributed by atoms with Crippen molar-refractivity contribution in [1.82, 2.24) is 15.1 Å². The zero-order valence-corrected chi connectivity index (χ0v) is 12.1. The van der Waals surface area contributed by atoms with Crippen LogP contribution in [0.1, 0.15) is 12.5 Å². The van der Waals surface area contributed by atoms with E-state index < -0.39 is 0 Å². The SMILES string of the molecule is CCSC1=N/C(=C\c2ccc3cnn(C)c3c2)C(=O)N1. The summed E-state index contributed by atoms with van der Waals surface area (Å²) in [7, 11) is 1.90. The summed E-state index contributed by atoms with van der Waals surface area (Å²) in [5, 5.41) is 8.71. The molecule has 0 unspecified atom stereocenters. The Bertz CT molecular complexity index is 745. The number of hydrogen-bond donors (Lipinski definition) is 1. The molecule has 1 aliphatic rings. The molecule has 0 bridgehead atoms. The fourth-order valence-corrected chi connectivity index (χ4v) is 2.66. The smallest absolute Gasteiger partial charge is 0.275 e. The molecular formula is C14H14N4OS. The molecule has 0 atom stereocenters. The fraction of sp³-hybridized carbons (Fsp3) is 0.214. The number of aryl methyl sites for hydroxylation is 1. The van der Waals surface area contributed by atoms with Gasteiger partial charge < -0.3 is 0 Å². The molecule has 102 valence electrons. The maximum absolute atomic E-state index is 11.8. The molecule has 0 saturated heterocycles. The van der Waals surface area contributed by atoms with Gasteiger partial charge in [0.25, 0.3) is 5.91 Å². The van der Waals surface area contributed by atoms with Gasteiger partial charge in [0.15, 0.2) is 5.17 Å². The van der Waals surface area contributed by atoms with E-state index in [1.165, 1.54) is 11.8 Å². The van der Waals surface area contributed by atoms with Gasteiger partial charge in [-0.2, -0.15) is 5.10 Å². The van der Waals surface area contributed by atoms with Crippen molar-refractivity contribution in [3.8, 4) is 0 Å². The molecule has 0 aliphatic carbocycles. The lowest BCUT2D eigenvalue weighted by atomic mass is 10.1. The first-order valence-corrected chi connectivity index (χ1v) is 7.32. The average Bonchev–Trinajstić information content (AvgIpc) is 2.95. The Morgan fingerprint density at radius 2 is 2.30 bits per heavy atom. The Hall–Kier alpha value is -2.08. The van der Waals surface area contributed by atoms with E-state index in [9.17, 15) is 4.79 Å². The van der Waals surface area contributed by atoms with Crippen LogP contribution < -0.4 is 5.32 Å². The highest BCUT2D eigenvalue weighted by molar-refractivity contribution is 8.13. The number of fused-ring (bicyclic) bond motifs is 1. The highest BCUT2D eigenvalue weighted by atomic mass is 32.2. The van der Waals surface area contributed by atoms with Gasteiger partial charge in [-0.15, -0.1) is 0 Å². The lowest BCUT2D eigenvalue weighted by Gasteiger charge is -1.97. The van der Waals surface area contributed by atoms with Gasteiger partial charge in [0.1, 0.15) is 5.70 Å². The number of carbonyl (C=O) groups is 1. The van der Waals surface area contributed by atoms with Crippen LogP contribution >= 0.6 is 11.8 Å². The van der Waals surface area contributed by atoms with Crippen molar-refractivity contribution >= 4 is 39.8 Å². The monoisotopic (exact) mass is 286 g/mol. The third-order valence-electron chi connectivity index (χ3n) is 3.03. The van der Waals surface area contributed by atoms with E-state index >= 15 is 0 Å². The lowest BCUT2D eigenvalue weighted by Crippen LogP contribution is -2.21. The molecule has 0 fully saturated rings. The van der Waals surface area contributed by atoms with Crippen molar-refractivity contribution in [2.75, 3.05) is 5.75 Å². The standard InChI is InChI=1S/C14H14N4OS/c1-3-20-14-16-11(13(19)17-14)6-9-4-5-10-8-15-18(2)12(10)7-9/h4-8H,3H2,1-2H3,(H,16,17,19)/b11-6-. The second kappa shape index (κ2) is 5.13. The molecule has 5 nitrogen and oxygen atoms in total. The highest BCUT2D eigenvalue weighted by Crippen LogP contribution is 2.20. The number of nitrogens with one attached hydrogen (secondary N) is 1. The zero-order valence-electron chi connectivity index (χ0n) is 11.3. The number of amides is 1. The Labute approximate surface area is 120 Å². The summed E-state index contributed by atoms with van der Waals surface area (Å²) in [5.41, 5.74) is 2.42. The first kappa shape index (κ1) is 12.9. The van der Waals surface area contributed by atoms with Crippen molar-refractivity contribution in [1.29, 1.82) is 0 Å². The normalized spacial score (nSPS) is 16.8. The number of rotatable bonds is 2. The Morgan fingerprint density at radius 1 is 1.45 bits per heavy atom. The minimum atomic E-state index is -0.147. The summed E-state index contributed by atoms with van der Waals surface area (Å²) in [5.74, 6) is 0.735. The van der Waals surface area contributed by atoms with Gasteiger partial charge in [-0.1, -0.05) is 30.8 Å². The first-order valence-electron chi connectivity index (χ1n) is 6.33. The molecule has 1 amide bonds. The van der Waals surface area contributed by atoms with Gasteiger partial charge >= 0.3 is 0 Å². The summed E-state index contributed by atoms with van der Waals surface area (Å²) in [6.07, 6.45) is 3.62. The molecule has 3 rings (SSSR count). The quantitative estimate of drug-likeness (QED) is 0.861. The molecule has 0 saturated carbocycles. The molecule has 1 N–H and O–H groups in total. The van der Waals surface area contributed by atoms with Crippen molar-refractivity contribution < 1.29 is 4.79 Å². The zero-order chi connectivity index (χ0) is 14.1. The van der Waals surface area contributed by atoms with E-state index in [-0.39, 0.29) is 5.91 Å². The summed E-state index contributed by atoms with van der Waals surface area (Å²) < 4.78 is 1.81. The van der Waals surface area contributed by atoms with Crippen LogP contribution in [0.3, 0.4) is 0 Å². The Kier molecular flexibility index (Phi) is 3.31. The Balaban J connectivity index is 1.97. The predicted molar refractivity (Wildman–Crippen MR) is 82.4 cm³/mol. The number of nitrogens with zero attached hydrogens (tertiary/aromatic N) is 3. The topological polar surface area (TPSA) is 59.3 Å². The van der Waals surface area contributed by atoms with Crippen LogP contribution in [0.25, 0.3) is 17.0 Å². The summed E-state index contributed by atoms with van der Waals surface area (Å²) in [4.78, 5) is 16.1. The molecule has 2 heterocycles. The predicted octanol–water partition coefficient (Wildman–Crippen LogP) is 2.15. The van der Waals surface area contributed by atoms with Crippen LogP contribution in [0.2, 0.25) is 0 Å². The van der Waals surface area contributed by atoms with Crippen LogP contribution in [-0.4, -0.2) is 26.6 Å². The van der Waals surface area contributed by atoms with Crippen molar-refractivity contribution in [2.24, 2.45) is 12.0 Å². The minimum Gasteiger partial charge on any atom is -0.300 e. The van der Waals surface area contributed by atoms with Crippen LogP contribution in [0.5, 0.6) is 0 Å². The fourth-order valence-electron chi connectivity index (χ4n) is 2.06. The first-order chi connectivity index (χ1) is 9.67. The summed E-state index contributed by atoms with van der Waals surface area (Å²) >= 11 is 1.53. The number of aliphatic imine (C=N–C) groups is 1. The molecule has 20 heavy (non-hydrogen) atoms. The van der Waals surface area contributed by atoms with Crippen molar-refractivity contribution in [3.63, 3.8) is 0 Å². The van der Waals surface area contributed by atoms with Gasteiger partial charge in [0.2, 0.25) is 0 Å².